The average Bonchev–Trinajstić information content (AvgIpc) is 2.80. The van der Waals surface area contributed by atoms with Crippen molar-refractivity contribution in [3.8, 4) is 5.75 Å². The molecule has 2 aromatic carbocycles. The molecule has 2 aromatic rings. The Balaban J connectivity index is 1.59. The Hall–Kier alpha value is -3.39. The van der Waals surface area contributed by atoms with Gasteiger partial charge < -0.3 is 24.4 Å². The minimum Gasteiger partial charge on any atom is -0.530 e. The Bertz CT molecular complexity index is 1310. The van der Waals surface area contributed by atoms with Gasteiger partial charge in [0.15, 0.2) is 0 Å². The zero-order valence-electron chi connectivity index (χ0n) is 19.2. The van der Waals surface area contributed by atoms with Crippen LogP contribution in [-0.2, 0) is 16.4 Å². The Morgan fingerprint density at radius 2 is 1.73 bits per heavy atom. The number of ether oxygens (including phenoxy) is 1. The molecule has 2 N–H and O–H groups in total. The number of hydrogen-bond donors (Lipinski definition) is 1. The number of carbonyl (C=O) groups is 2. The number of alkyl halides is 3. The summed E-state index contributed by atoms with van der Waals surface area (Å²) in [6, 6.07) is 7.13. The smallest absolute Gasteiger partial charge is 0.530 e. The number of primary sulfonamides is 1. The number of likely N-dealkylation sites (tertiary alicyclic amines) is 2. The van der Waals surface area contributed by atoms with Gasteiger partial charge in [0.05, 0.1) is 4.90 Å². The molecular weight excluding hydrogens is 522 g/mol. The SMILES string of the molecule is NS(=O)(=O)c1ccc(C(=O)N2CC3(CCN(C(=O)[O-])CC3)C2Cc2ccc(OC(F)(F)F)cc2F)cc1. The third kappa shape index (κ3) is 5.64. The number of nitrogens with zero attached hydrogens (tertiary/aromatic N) is 2. The number of carbonyl (C=O) groups excluding carboxylic acids is 2. The molecule has 2 saturated heterocycles. The van der Waals surface area contributed by atoms with E-state index in [1.807, 2.05) is 0 Å². The summed E-state index contributed by atoms with van der Waals surface area (Å²) in [6.07, 6.45) is -5.60. The van der Waals surface area contributed by atoms with Crippen LogP contribution in [-0.4, -0.2) is 62.3 Å². The molecular formula is C23H22F4N3O6S-. The highest BCUT2D eigenvalue weighted by Gasteiger charge is 2.55. The molecule has 0 bridgehead atoms. The molecule has 2 aliphatic rings. The monoisotopic (exact) mass is 544 g/mol. The van der Waals surface area contributed by atoms with Gasteiger partial charge in [-0.05, 0) is 55.2 Å². The van der Waals surface area contributed by atoms with Crippen LogP contribution in [0.5, 0.6) is 5.75 Å². The summed E-state index contributed by atoms with van der Waals surface area (Å²) in [4.78, 5) is 26.9. The van der Waals surface area contributed by atoms with E-state index in [0.717, 1.165) is 17.0 Å². The Morgan fingerprint density at radius 3 is 2.24 bits per heavy atom. The minimum atomic E-state index is -4.99. The molecule has 4 rings (SSSR count). The van der Waals surface area contributed by atoms with Gasteiger partial charge in [-0.25, -0.2) is 17.9 Å². The van der Waals surface area contributed by atoms with Crippen molar-refractivity contribution < 1.29 is 45.4 Å². The fourth-order valence-corrected chi connectivity index (χ4v) is 5.51. The summed E-state index contributed by atoms with van der Waals surface area (Å²) in [6.45, 7) is 0.556. The van der Waals surface area contributed by atoms with Gasteiger partial charge in [0.25, 0.3) is 5.91 Å². The standard InChI is InChI=1S/C23H23F4N3O6S/c24-18-12-16(36-23(25,26)27)4-1-15(18)11-19-22(7-9-29(10-8-22)21(32)33)13-30(19)20(31)14-2-5-17(6-3-14)37(28,34)35/h1-6,12,19H,7-11,13H2,(H,32,33)(H2,28,34,35)/p-1. The first-order valence-electron chi connectivity index (χ1n) is 11.1. The molecule has 2 heterocycles. The van der Waals surface area contributed by atoms with Crippen molar-refractivity contribution in [2.45, 2.75) is 36.6 Å². The normalized spacial score (nSPS) is 19.4. The maximum Gasteiger partial charge on any atom is 0.573 e. The van der Waals surface area contributed by atoms with E-state index in [1.165, 1.54) is 29.2 Å². The molecule has 0 aliphatic carbocycles. The van der Waals surface area contributed by atoms with Crippen molar-refractivity contribution in [1.82, 2.24) is 9.80 Å². The Morgan fingerprint density at radius 1 is 1.11 bits per heavy atom. The van der Waals surface area contributed by atoms with E-state index in [0.29, 0.717) is 18.9 Å². The van der Waals surface area contributed by atoms with Crippen molar-refractivity contribution in [1.29, 1.82) is 0 Å². The Kier molecular flexibility index (Phi) is 6.84. The van der Waals surface area contributed by atoms with Gasteiger partial charge >= 0.3 is 6.36 Å². The van der Waals surface area contributed by atoms with E-state index >= 15 is 0 Å². The van der Waals surface area contributed by atoms with Gasteiger partial charge in [-0.1, -0.05) is 6.07 Å². The van der Waals surface area contributed by atoms with E-state index in [-0.39, 0.29) is 42.1 Å². The zero-order chi connectivity index (χ0) is 27.2. The van der Waals surface area contributed by atoms with Crippen molar-refractivity contribution >= 4 is 22.0 Å². The van der Waals surface area contributed by atoms with Gasteiger partial charge in [-0.3, -0.25) is 4.79 Å². The first-order valence-corrected chi connectivity index (χ1v) is 12.7. The van der Waals surface area contributed by atoms with E-state index in [9.17, 15) is 40.7 Å². The van der Waals surface area contributed by atoms with Crippen LogP contribution >= 0.6 is 0 Å². The molecule has 200 valence electrons. The molecule has 0 saturated carbocycles. The van der Waals surface area contributed by atoms with E-state index < -0.39 is 51.4 Å². The highest BCUT2D eigenvalue weighted by Crippen LogP contribution is 2.48. The summed E-state index contributed by atoms with van der Waals surface area (Å²) in [5.41, 5.74) is -0.326. The quantitative estimate of drug-likeness (QED) is 0.572. The van der Waals surface area contributed by atoms with Gasteiger partial charge in [-0.15, -0.1) is 13.2 Å². The van der Waals surface area contributed by atoms with Crippen molar-refractivity contribution in [3.63, 3.8) is 0 Å². The minimum absolute atomic E-state index is 0.0372. The maximum absolute atomic E-state index is 14.8. The van der Waals surface area contributed by atoms with Gasteiger partial charge in [0.2, 0.25) is 10.0 Å². The molecule has 0 aromatic heterocycles. The highest BCUT2D eigenvalue weighted by molar-refractivity contribution is 7.89. The van der Waals surface area contributed by atoms with Gasteiger partial charge in [-0.2, -0.15) is 0 Å². The molecule has 1 unspecified atom stereocenters. The summed E-state index contributed by atoms with van der Waals surface area (Å²) in [5, 5.41) is 16.3. The van der Waals surface area contributed by atoms with Gasteiger partial charge in [0.1, 0.15) is 17.7 Å². The van der Waals surface area contributed by atoms with Crippen LogP contribution in [0.2, 0.25) is 0 Å². The summed E-state index contributed by atoms with van der Waals surface area (Å²) >= 11 is 0. The number of sulfonamides is 1. The third-order valence-corrected chi connectivity index (χ3v) is 7.88. The molecule has 1 atom stereocenters. The lowest BCUT2D eigenvalue weighted by molar-refractivity contribution is -0.274. The maximum atomic E-state index is 14.8. The molecule has 0 radical (unpaired) electrons. The lowest BCUT2D eigenvalue weighted by Gasteiger charge is -2.60. The molecule has 2 aliphatic heterocycles. The lowest BCUT2D eigenvalue weighted by Crippen LogP contribution is -2.70. The first-order chi connectivity index (χ1) is 17.2. The van der Waals surface area contributed by atoms with E-state index in [4.69, 9.17) is 5.14 Å². The van der Waals surface area contributed by atoms with Crippen molar-refractivity contribution in [2.24, 2.45) is 10.6 Å². The number of nitrogens with two attached hydrogens (primary N) is 1. The predicted octanol–water partition coefficient (Wildman–Crippen LogP) is 1.86. The second-order valence-electron chi connectivity index (χ2n) is 9.14. The summed E-state index contributed by atoms with van der Waals surface area (Å²) in [5.74, 6) is -2.13. The zero-order valence-corrected chi connectivity index (χ0v) is 20.0. The fourth-order valence-electron chi connectivity index (χ4n) is 4.99. The molecule has 14 heteroatoms. The lowest BCUT2D eigenvalue weighted by atomic mass is 9.63. The van der Waals surface area contributed by atoms with Crippen LogP contribution in [0.4, 0.5) is 22.4 Å². The van der Waals surface area contributed by atoms with Crippen molar-refractivity contribution in [3.05, 3.63) is 59.4 Å². The molecule has 9 nitrogen and oxygen atoms in total. The molecule has 1 spiro atoms. The number of rotatable bonds is 5. The van der Waals surface area contributed by atoms with E-state index in [1.54, 1.807) is 0 Å². The van der Waals surface area contributed by atoms with Crippen LogP contribution < -0.4 is 15.0 Å². The van der Waals surface area contributed by atoms with Crippen LogP contribution in [0.1, 0.15) is 28.8 Å². The number of carboxylic acid groups (broad SMARTS) is 1. The topological polar surface area (TPSA) is 133 Å². The first kappa shape index (κ1) is 26.7. The molecule has 2 fully saturated rings. The predicted molar refractivity (Wildman–Crippen MR) is 118 cm³/mol. The number of benzene rings is 2. The highest BCUT2D eigenvalue weighted by atomic mass is 32.2. The second kappa shape index (κ2) is 9.49. The fraction of sp³-hybridized carbons (Fsp3) is 0.391. The van der Waals surface area contributed by atoms with Gasteiger partial charge in [0, 0.05) is 42.7 Å². The summed E-state index contributed by atoms with van der Waals surface area (Å²) in [7, 11) is -3.97. The van der Waals surface area contributed by atoms with Crippen LogP contribution in [0.3, 0.4) is 0 Å². The van der Waals surface area contributed by atoms with Crippen LogP contribution in [0.15, 0.2) is 47.4 Å². The number of hydrogen-bond acceptors (Lipinski definition) is 6. The van der Waals surface area contributed by atoms with Crippen LogP contribution in [0.25, 0.3) is 0 Å². The van der Waals surface area contributed by atoms with E-state index in [2.05, 4.69) is 4.74 Å². The van der Waals surface area contributed by atoms with Crippen LogP contribution in [0, 0.1) is 11.2 Å². The Labute approximate surface area is 209 Å². The largest absolute Gasteiger partial charge is 0.573 e. The summed E-state index contributed by atoms with van der Waals surface area (Å²) < 4.78 is 79.0. The third-order valence-electron chi connectivity index (χ3n) is 6.95. The second-order valence-corrected chi connectivity index (χ2v) is 10.7. The number of amides is 2. The molecule has 37 heavy (non-hydrogen) atoms. The average molecular weight is 545 g/mol. The number of halogens is 4. The number of piperidine rings is 1. The van der Waals surface area contributed by atoms with Crippen molar-refractivity contribution in [2.75, 3.05) is 19.6 Å². The molecule has 2 amide bonds.